The number of aromatic nitrogens is 2. The summed E-state index contributed by atoms with van der Waals surface area (Å²) in [6, 6.07) is 10.7. The van der Waals surface area contributed by atoms with Gasteiger partial charge in [-0.15, -0.1) is 0 Å². The molecule has 1 N–H and O–H groups in total. The molecule has 0 fully saturated rings. The second kappa shape index (κ2) is 7.76. The molecule has 2 heterocycles. The molecule has 1 atom stereocenters. The number of benzene rings is 1. The fourth-order valence-electron chi connectivity index (χ4n) is 2.41. The van der Waals surface area contributed by atoms with Crippen molar-refractivity contribution in [1.82, 2.24) is 15.1 Å². The van der Waals surface area contributed by atoms with Gasteiger partial charge in [0.25, 0.3) is 11.5 Å². The summed E-state index contributed by atoms with van der Waals surface area (Å²) in [4.78, 5) is 24.4. The molecule has 26 heavy (non-hydrogen) atoms. The molecule has 0 saturated heterocycles. The van der Waals surface area contributed by atoms with E-state index >= 15 is 0 Å². The fraction of sp³-hybridized carbons (Fsp3) is 0.167. The number of rotatable bonds is 5. The molecule has 2 aromatic heterocycles. The van der Waals surface area contributed by atoms with E-state index in [-0.39, 0.29) is 24.1 Å². The van der Waals surface area contributed by atoms with E-state index in [4.69, 9.17) is 27.6 Å². The molecule has 1 aromatic carbocycles. The quantitative estimate of drug-likeness (QED) is 0.717. The van der Waals surface area contributed by atoms with Crippen LogP contribution in [0.4, 0.5) is 0 Å². The fourth-order valence-corrected chi connectivity index (χ4v) is 2.94. The van der Waals surface area contributed by atoms with E-state index in [1.165, 1.54) is 29.1 Å². The zero-order valence-corrected chi connectivity index (χ0v) is 15.3. The van der Waals surface area contributed by atoms with Gasteiger partial charge in [0.05, 0.1) is 12.3 Å². The Morgan fingerprint density at radius 1 is 1.23 bits per heavy atom. The molecule has 0 spiro atoms. The summed E-state index contributed by atoms with van der Waals surface area (Å²) in [5.41, 5.74) is 0.613. The first-order chi connectivity index (χ1) is 12.4. The van der Waals surface area contributed by atoms with Crippen LogP contribution in [0.1, 0.15) is 23.3 Å². The Hall–Kier alpha value is -2.57. The van der Waals surface area contributed by atoms with Crippen LogP contribution in [0, 0.1) is 0 Å². The van der Waals surface area contributed by atoms with Crippen LogP contribution in [0.25, 0.3) is 11.5 Å². The number of hydrogen-bond donors (Lipinski definition) is 1. The highest BCUT2D eigenvalue weighted by Gasteiger charge is 2.14. The standard InChI is InChI=1S/C18H15Cl2N3O3/c1-11(10-21-18(25)12-7-13(19)9-14(20)8-12)23-17(24)5-4-15(22-23)16-3-2-6-26-16/h2-9,11H,10H2,1H3,(H,21,25). The van der Waals surface area contributed by atoms with E-state index < -0.39 is 0 Å². The highest BCUT2D eigenvalue weighted by atomic mass is 35.5. The van der Waals surface area contributed by atoms with Crippen molar-refractivity contribution in [2.45, 2.75) is 13.0 Å². The van der Waals surface area contributed by atoms with Crippen molar-refractivity contribution >= 4 is 29.1 Å². The molecule has 0 radical (unpaired) electrons. The monoisotopic (exact) mass is 391 g/mol. The predicted octanol–water partition coefficient (Wildman–Crippen LogP) is 3.80. The van der Waals surface area contributed by atoms with Crippen LogP contribution in [0.15, 0.2) is 57.9 Å². The number of carbonyl (C=O) groups is 1. The molecular formula is C18H15Cl2N3O3. The highest BCUT2D eigenvalue weighted by Crippen LogP contribution is 2.19. The number of nitrogens with zero attached hydrogens (tertiary/aromatic N) is 2. The first-order valence-electron chi connectivity index (χ1n) is 7.82. The normalized spacial score (nSPS) is 12.0. The number of hydrogen-bond acceptors (Lipinski definition) is 4. The van der Waals surface area contributed by atoms with Crippen molar-refractivity contribution in [2.75, 3.05) is 6.54 Å². The predicted molar refractivity (Wildman–Crippen MR) is 99.7 cm³/mol. The third kappa shape index (κ3) is 4.15. The topological polar surface area (TPSA) is 77.1 Å². The maximum absolute atomic E-state index is 12.3. The summed E-state index contributed by atoms with van der Waals surface area (Å²) in [5.74, 6) is 0.222. The Morgan fingerprint density at radius 2 is 1.96 bits per heavy atom. The van der Waals surface area contributed by atoms with E-state index in [1.54, 1.807) is 31.2 Å². The lowest BCUT2D eigenvalue weighted by molar-refractivity contribution is 0.0947. The lowest BCUT2D eigenvalue weighted by atomic mass is 10.2. The van der Waals surface area contributed by atoms with E-state index in [0.717, 1.165) is 0 Å². The van der Waals surface area contributed by atoms with E-state index in [2.05, 4.69) is 10.4 Å². The largest absolute Gasteiger partial charge is 0.463 e. The van der Waals surface area contributed by atoms with Crippen LogP contribution in [0.3, 0.4) is 0 Å². The number of furan rings is 1. The third-order valence-corrected chi connectivity index (χ3v) is 4.14. The van der Waals surface area contributed by atoms with Crippen LogP contribution < -0.4 is 10.9 Å². The molecule has 0 aliphatic heterocycles. The molecular weight excluding hydrogens is 377 g/mol. The first kappa shape index (κ1) is 18.2. The van der Waals surface area contributed by atoms with E-state index in [1.807, 2.05) is 0 Å². The summed E-state index contributed by atoms with van der Waals surface area (Å²) >= 11 is 11.8. The molecule has 1 unspecified atom stereocenters. The molecule has 0 aliphatic rings. The van der Waals surface area contributed by atoms with Gasteiger partial charge in [0.1, 0.15) is 5.69 Å². The van der Waals surface area contributed by atoms with Crippen LogP contribution in [0.2, 0.25) is 10.0 Å². The molecule has 134 valence electrons. The Kier molecular flexibility index (Phi) is 5.44. The van der Waals surface area contributed by atoms with Gasteiger partial charge in [-0.2, -0.15) is 5.10 Å². The minimum absolute atomic E-state index is 0.206. The molecule has 1 amide bonds. The number of halogens is 2. The second-order valence-electron chi connectivity index (χ2n) is 5.70. The molecule has 0 aliphatic carbocycles. The molecule has 6 nitrogen and oxygen atoms in total. The van der Waals surface area contributed by atoms with Gasteiger partial charge in [0.15, 0.2) is 5.76 Å². The van der Waals surface area contributed by atoms with Gasteiger partial charge in [-0.25, -0.2) is 4.68 Å². The van der Waals surface area contributed by atoms with Gasteiger partial charge in [-0.1, -0.05) is 23.2 Å². The summed E-state index contributed by atoms with van der Waals surface area (Å²) in [5, 5.41) is 7.81. The summed E-state index contributed by atoms with van der Waals surface area (Å²) < 4.78 is 6.61. The van der Waals surface area contributed by atoms with Crippen molar-refractivity contribution < 1.29 is 9.21 Å². The Labute approximate surface area is 159 Å². The highest BCUT2D eigenvalue weighted by molar-refractivity contribution is 6.35. The van der Waals surface area contributed by atoms with Gasteiger partial charge in [0, 0.05) is 28.2 Å². The average Bonchev–Trinajstić information content (AvgIpc) is 3.13. The zero-order chi connectivity index (χ0) is 18.7. The number of amides is 1. The lowest BCUT2D eigenvalue weighted by Crippen LogP contribution is -2.34. The molecule has 0 bridgehead atoms. The first-order valence-corrected chi connectivity index (χ1v) is 8.57. The zero-order valence-electron chi connectivity index (χ0n) is 13.8. The van der Waals surface area contributed by atoms with Gasteiger partial charge in [-0.3, -0.25) is 9.59 Å². The second-order valence-corrected chi connectivity index (χ2v) is 6.57. The van der Waals surface area contributed by atoms with Gasteiger partial charge < -0.3 is 9.73 Å². The maximum Gasteiger partial charge on any atom is 0.267 e. The van der Waals surface area contributed by atoms with Crippen LogP contribution in [-0.2, 0) is 0 Å². The minimum atomic E-state index is -0.365. The van der Waals surface area contributed by atoms with Crippen molar-refractivity contribution in [2.24, 2.45) is 0 Å². The number of nitrogens with one attached hydrogen (secondary N) is 1. The van der Waals surface area contributed by atoms with Crippen LogP contribution in [0.5, 0.6) is 0 Å². The van der Waals surface area contributed by atoms with Gasteiger partial charge >= 0.3 is 0 Å². The minimum Gasteiger partial charge on any atom is -0.463 e. The van der Waals surface area contributed by atoms with E-state index in [9.17, 15) is 9.59 Å². The smallest absolute Gasteiger partial charge is 0.267 e. The molecule has 0 saturated carbocycles. The summed E-state index contributed by atoms with van der Waals surface area (Å²) in [7, 11) is 0. The molecule has 3 aromatic rings. The SMILES string of the molecule is CC(CNC(=O)c1cc(Cl)cc(Cl)c1)n1nc(-c2ccco2)ccc1=O. The summed E-state index contributed by atoms with van der Waals surface area (Å²) in [6.45, 7) is 1.99. The Balaban J connectivity index is 1.74. The van der Waals surface area contributed by atoms with Crippen molar-refractivity contribution in [3.63, 3.8) is 0 Å². The van der Waals surface area contributed by atoms with Crippen molar-refractivity contribution in [1.29, 1.82) is 0 Å². The molecule has 8 heteroatoms. The van der Waals surface area contributed by atoms with Gasteiger partial charge in [0.2, 0.25) is 0 Å². The van der Waals surface area contributed by atoms with Crippen LogP contribution >= 0.6 is 23.2 Å². The Bertz CT molecular complexity index is 963. The van der Waals surface area contributed by atoms with Crippen LogP contribution in [-0.4, -0.2) is 22.2 Å². The van der Waals surface area contributed by atoms with Crippen molar-refractivity contribution in [3.05, 3.63) is 74.7 Å². The Morgan fingerprint density at radius 3 is 2.62 bits per heavy atom. The molecule has 3 rings (SSSR count). The lowest BCUT2D eigenvalue weighted by Gasteiger charge is -2.15. The van der Waals surface area contributed by atoms with Gasteiger partial charge in [-0.05, 0) is 43.3 Å². The van der Waals surface area contributed by atoms with E-state index in [0.29, 0.717) is 27.1 Å². The van der Waals surface area contributed by atoms with Crippen molar-refractivity contribution in [3.8, 4) is 11.5 Å². The average molecular weight is 392 g/mol. The number of carbonyl (C=O) groups excluding carboxylic acids is 1. The third-order valence-electron chi connectivity index (χ3n) is 3.70. The maximum atomic E-state index is 12.3. The summed E-state index contributed by atoms with van der Waals surface area (Å²) in [6.07, 6.45) is 1.53.